The highest BCUT2D eigenvalue weighted by Crippen LogP contribution is 2.34. The third-order valence-corrected chi connectivity index (χ3v) is 1.49. The molecule has 0 amide bonds. The zero-order chi connectivity index (χ0) is 9.90. The largest absolute Gasteiger partial charge is 0.418 e. The van der Waals surface area contributed by atoms with Gasteiger partial charge in [-0.1, -0.05) is 18.7 Å². The predicted octanol–water partition coefficient (Wildman–Crippen LogP) is 3.26. The lowest BCUT2D eigenvalue weighted by Crippen LogP contribution is -2.07. The highest BCUT2D eigenvalue weighted by Gasteiger charge is 2.32. The molecule has 0 unspecified atom stereocenters. The number of hydrogen-bond donors (Lipinski definition) is 1. The maximum Gasteiger partial charge on any atom is 0.418 e. The molecule has 0 aliphatic heterocycles. The monoisotopic (exact) mass is 187 g/mol. The van der Waals surface area contributed by atoms with Gasteiger partial charge in [-0.25, -0.2) is 0 Å². The van der Waals surface area contributed by atoms with Gasteiger partial charge < -0.3 is 5.32 Å². The molecule has 0 spiro atoms. The molecule has 0 aromatic heterocycles. The van der Waals surface area contributed by atoms with E-state index in [1.807, 2.05) is 0 Å². The lowest BCUT2D eigenvalue weighted by Gasteiger charge is -2.11. The zero-order valence-electron chi connectivity index (χ0n) is 6.73. The van der Waals surface area contributed by atoms with Gasteiger partial charge in [0.1, 0.15) is 0 Å². The number of rotatable bonds is 2. The van der Waals surface area contributed by atoms with Gasteiger partial charge in [0.15, 0.2) is 0 Å². The van der Waals surface area contributed by atoms with Gasteiger partial charge >= 0.3 is 6.18 Å². The number of para-hydroxylation sites is 1. The Morgan fingerprint density at radius 1 is 1.23 bits per heavy atom. The fourth-order valence-electron chi connectivity index (χ4n) is 0.966. The number of halogens is 3. The Bertz CT molecular complexity index is 304. The summed E-state index contributed by atoms with van der Waals surface area (Å²) >= 11 is 0. The first-order valence-corrected chi connectivity index (χ1v) is 3.59. The zero-order valence-corrected chi connectivity index (χ0v) is 6.73. The van der Waals surface area contributed by atoms with Crippen LogP contribution in [-0.4, -0.2) is 0 Å². The second-order valence-electron chi connectivity index (χ2n) is 2.39. The highest BCUT2D eigenvalue weighted by atomic mass is 19.4. The molecule has 13 heavy (non-hydrogen) atoms. The van der Waals surface area contributed by atoms with E-state index in [9.17, 15) is 13.2 Å². The number of anilines is 1. The van der Waals surface area contributed by atoms with E-state index in [1.54, 1.807) is 0 Å². The Morgan fingerprint density at radius 3 is 2.38 bits per heavy atom. The van der Waals surface area contributed by atoms with Crippen molar-refractivity contribution in [1.29, 1.82) is 0 Å². The fourth-order valence-corrected chi connectivity index (χ4v) is 0.966. The minimum atomic E-state index is -4.33. The first-order chi connectivity index (χ1) is 6.05. The van der Waals surface area contributed by atoms with Gasteiger partial charge in [-0.05, 0) is 18.3 Å². The topological polar surface area (TPSA) is 12.0 Å². The fraction of sp³-hybridized carbons (Fsp3) is 0.111. The lowest BCUT2D eigenvalue weighted by atomic mass is 10.2. The highest BCUT2D eigenvalue weighted by molar-refractivity contribution is 5.53. The van der Waals surface area contributed by atoms with Gasteiger partial charge in [0.2, 0.25) is 0 Å². The minimum absolute atomic E-state index is 0.0185. The molecule has 0 heterocycles. The summed E-state index contributed by atoms with van der Waals surface area (Å²) < 4.78 is 36.9. The summed E-state index contributed by atoms with van der Waals surface area (Å²) in [6.45, 7) is 3.30. The number of nitrogens with one attached hydrogen (secondary N) is 1. The van der Waals surface area contributed by atoms with Crippen molar-refractivity contribution >= 4 is 5.69 Å². The second-order valence-corrected chi connectivity index (χ2v) is 2.39. The van der Waals surface area contributed by atoms with Crippen LogP contribution in [0, 0.1) is 0 Å². The van der Waals surface area contributed by atoms with Crippen molar-refractivity contribution in [3.05, 3.63) is 42.6 Å². The Kier molecular flexibility index (Phi) is 2.60. The van der Waals surface area contributed by atoms with E-state index in [0.29, 0.717) is 0 Å². The molecule has 0 aliphatic rings. The maximum absolute atomic E-state index is 12.3. The van der Waals surface area contributed by atoms with Crippen LogP contribution in [0.25, 0.3) is 0 Å². The third-order valence-electron chi connectivity index (χ3n) is 1.49. The Morgan fingerprint density at radius 2 is 1.85 bits per heavy atom. The van der Waals surface area contributed by atoms with Crippen LogP contribution in [0.5, 0.6) is 0 Å². The standard InChI is InChI=1S/C9H8F3N/c1-2-13-8-6-4-3-5-7(8)9(10,11)12/h2-6,13H,1H2. The number of benzene rings is 1. The van der Waals surface area contributed by atoms with Crippen molar-refractivity contribution in [2.75, 3.05) is 5.32 Å². The van der Waals surface area contributed by atoms with Crippen LogP contribution in [0.4, 0.5) is 18.9 Å². The van der Waals surface area contributed by atoms with Crippen LogP contribution in [-0.2, 0) is 6.18 Å². The van der Waals surface area contributed by atoms with Crippen LogP contribution in [0.2, 0.25) is 0 Å². The van der Waals surface area contributed by atoms with Crippen LogP contribution in [0.1, 0.15) is 5.56 Å². The molecular weight excluding hydrogens is 179 g/mol. The third kappa shape index (κ3) is 2.24. The van der Waals surface area contributed by atoms with E-state index >= 15 is 0 Å². The van der Waals surface area contributed by atoms with Gasteiger partial charge in [0.25, 0.3) is 0 Å². The van der Waals surface area contributed by atoms with Crippen molar-refractivity contribution < 1.29 is 13.2 Å². The molecule has 4 heteroatoms. The summed E-state index contributed by atoms with van der Waals surface area (Å²) in [5.74, 6) is 0. The first kappa shape index (κ1) is 9.64. The van der Waals surface area contributed by atoms with Gasteiger partial charge in [0, 0.05) is 0 Å². The van der Waals surface area contributed by atoms with Crippen molar-refractivity contribution in [3.8, 4) is 0 Å². The Hall–Kier alpha value is -1.45. The van der Waals surface area contributed by atoms with Crippen LogP contribution in [0.3, 0.4) is 0 Å². The van der Waals surface area contributed by atoms with E-state index in [2.05, 4.69) is 11.9 Å². The van der Waals surface area contributed by atoms with Gasteiger partial charge in [-0.15, -0.1) is 0 Å². The summed E-state index contributed by atoms with van der Waals surface area (Å²) in [4.78, 5) is 0. The summed E-state index contributed by atoms with van der Waals surface area (Å²) in [5.41, 5.74) is -0.667. The average molecular weight is 187 g/mol. The SMILES string of the molecule is C=CNc1ccccc1C(F)(F)F. The summed E-state index contributed by atoms with van der Waals surface area (Å²) in [6.07, 6.45) is -3.11. The molecule has 1 nitrogen and oxygen atoms in total. The molecule has 0 bridgehead atoms. The molecule has 0 radical (unpaired) electrons. The van der Waals surface area contributed by atoms with E-state index < -0.39 is 11.7 Å². The molecule has 1 rings (SSSR count). The van der Waals surface area contributed by atoms with E-state index in [1.165, 1.54) is 24.4 Å². The van der Waals surface area contributed by atoms with Gasteiger partial charge in [-0.3, -0.25) is 0 Å². The first-order valence-electron chi connectivity index (χ1n) is 3.59. The number of alkyl halides is 3. The van der Waals surface area contributed by atoms with Crippen molar-refractivity contribution in [2.45, 2.75) is 6.18 Å². The summed E-state index contributed by atoms with van der Waals surface area (Å²) in [5, 5.41) is 2.43. The van der Waals surface area contributed by atoms with Crippen LogP contribution in [0.15, 0.2) is 37.0 Å². The molecule has 0 aliphatic carbocycles. The quantitative estimate of drug-likeness (QED) is 0.749. The van der Waals surface area contributed by atoms with E-state index in [4.69, 9.17) is 0 Å². The van der Waals surface area contributed by atoms with Gasteiger partial charge in [0.05, 0.1) is 11.3 Å². The molecular formula is C9H8F3N. The molecule has 0 atom stereocenters. The van der Waals surface area contributed by atoms with Crippen LogP contribution >= 0.6 is 0 Å². The molecule has 1 N–H and O–H groups in total. The van der Waals surface area contributed by atoms with Crippen molar-refractivity contribution in [1.82, 2.24) is 0 Å². The molecule has 70 valence electrons. The number of hydrogen-bond acceptors (Lipinski definition) is 1. The smallest absolute Gasteiger partial charge is 0.362 e. The van der Waals surface area contributed by atoms with E-state index in [0.717, 1.165) is 6.07 Å². The van der Waals surface area contributed by atoms with Gasteiger partial charge in [-0.2, -0.15) is 13.2 Å². The molecule has 0 saturated carbocycles. The summed E-state index contributed by atoms with van der Waals surface area (Å²) in [7, 11) is 0. The molecule has 0 fully saturated rings. The average Bonchev–Trinajstić information content (AvgIpc) is 2.04. The Balaban J connectivity index is 3.11. The normalized spacial score (nSPS) is 11.0. The molecule has 1 aromatic rings. The maximum atomic E-state index is 12.3. The Labute approximate surface area is 73.9 Å². The minimum Gasteiger partial charge on any atom is -0.362 e. The molecule has 1 aromatic carbocycles. The molecule has 0 saturated heterocycles. The van der Waals surface area contributed by atoms with Crippen molar-refractivity contribution in [2.24, 2.45) is 0 Å². The van der Waals surface area contributed by atoms with Crippen LogP contribution < -0.4 is 5.32 Å². The summed E-state index contributed by atoms with van der Waals surface area (Å²) in [6, 6.07) is 5.24. The van der Waals surface area contributed by atoms with Crippen molar-refractivity contribution in [3.63, 3.8) is 0 Å². The van der Waals surface area contributed by atoms with E-state index in [-0.39, 0.29) is 5.69 Å². The lowest BCUT2D eigenvalue weighted by molar-refractivity contribution is -0.136. The second kappa shape index (κ2) is 3.51. The predicted molar refractivity (Wildman–Crippen MR) is 45.3 cm³/mol.